The summed E-state index contributed by atoms with van der Waals surface area (Å²) in [5.74, 6) is 1.51. The van der Waals surface area contributed by atoms with Crippen LogP contribution in [0.4, 0.5) is 0 Å². The van der Waals surface area contributed by atoms with Gasteiger partial charge in [0, 0.05) is 26.6 Å². The molecule has 0 aromatic heterocycles. The fourth-order valence-corrected chi connectivity index (χ4v) is 2.90. The number of rotatable bonds is 9. The van der Waals surface area contributed by atoms with Crippen molar-refractivity contribution >= 4 is 18.3 Å². The lowest BCUT2D eigenvalue weighted by Crippen LogP contribution is -2.37. The van der Waals surface area contributed by atoms with Crippen molar-refractivity contribution in [3.05, 3.63) is 0 Å². The van der Waals surface area contributed by atoms with E-state index in [1.165, 1.54) is 12.8 Å². The minimum atomic E-state index is 0. The molecular weight excluding hydrogens is 288 g/mol. The van der Waals surface area contributed by atoms with Gasteiger partial charge in [0.1, 0.15) is 0 Å². The van der Waals surface area contributed by atoms with Crippen molar-refractivity contribution in [2.75, 3.05) is 39.9 Å². The molecule has 1 aliphatic heterocycles. The highest BCUT2D eigenvalue weighted by Gasteiger charge is 2.24. The third kappa shape index (κ3) is 8.03. The zero-order valence-corrected chi connectivity index (χ0v) is 14.7. The molecule has 1 atom stereocenters. The normalized spacial score (nSPS) is 17.1. The topological polar surface area (TPSA) is 41.6 Å². The average Bonchev–Trinajstić information content (AvgIpc) is 2.48. The number of ether oxygens (including phenoxy) is 1. The van der Waals surface area contributed by atoms with Gasteiger partial charge in [0.05, 0.1) is 6.61 Å². The van der Waals surface area contributed by atoms with E-state index >= 15 is 0 Å². The smallest absolute Gasteiger partial charge is 0.222 e. The van der Waals surface area contributed by atoms with E-state index in [4.69, 9.17) is 4.74 Å². The third-order valence-corrected chi connectivity index (χ3v) is 4.38. The molecular formula is C16H33ClN2O2. The molecule has 21 heavy (non-hydrogen) atoms. The van der Waals surface area contributed by atoms with Gasteiger partial charge in [-0.1, -0.05) is 20.3 Å². The van der Waals surface area contributed by atoms with E-state index in [9.17, 15) is 4.79 Å². The Kier molecular flexibility index (Phi) is 12.1. The standard InChI is InChI=1S/C16H32N2O2.ClH/c1-4-5-10-18(11-12-20-3)16(19)13-14(2)15-6-8-17-9-7-15;/h14-15,17H,4-13H2,1-3H3;1H. The van der Waals surface area contributed by atoms with Crippen molar-refractivity contribution in [1.29, 1.82) is 0 Å². The fourth-order valence-electron chi connectivity index (χ4n) is 2.90. The van der Waals surface area contributed by atoms with E-state index in [1.807, 2.05) is 4.90 Å². The molecule has 1 amide bonds. The van der Waals surface area contributed by atoms with Gasteiger partial charge >= 0.3 is 0 Å². The molecule has 4 nitrogen and oxygen atoms in total. The molecule has 1 aliphatic rings. The second-order valence-corrected chi connectivity index (χ2v) is 6.00. The Morgan fingerprint density at radius 1 is 1.33 bits per heavy atom. The molecule has 1 N–H and O–H groups in total. The fraction of sp³-hybridized carbons (Fsp3) is 0.938. The third-order valence-electron chi connectivity index (χ3n) is 4.38. The summed E-state index contributed by atoms with van der Waals surface area (Å²) in [5.41, 5.74) is 0. The van der Waals surface area contributed by atoms with Crippen molar-refractivity contribution in [2.45, 2.75) is 46.0 Å². The van der Waals surface area contributed by atoms with Crippen LogP contribution in [0.5, 0.6) is 0 Å². The van der Waals surface area contributed by atoms with Crippen LogP contribution in [0.2, 0.25) is 0 Å². The van der Waals surface area contributed by atoms with Crippen molar-refractivity contribution in [2.24, 2.45) is 11.8 Å². The number of carbonyl (C=O) groups excluding carboxylic acids is 1. The van der Waals surface area contributed by atoms with Gasteiger partial charge in [0.25, 0.3) is 0 Å². The monoisotopic (exact) mass is 320 g/mol. The van der Waals surface area contributed by atoms with E-state index in [0.717, 1.165) is 39.0 Å². The number of methoxy groups -OCH3 is 1. The van der Waals surface area contributed by atoms with Gasteiger partial charge in [-0.2, -0.15) is 0 Å². The van der Waals surface area contributed by atoms with Crippen LogP contribution in [0, 0.1) is 11.8 Å². The van der Waals surface area contributed by atoms with Crippen LogP contribution in [-0.4, -0.2) is 50.7 Å². The second kappa shape index (κ2) is 12.2. The summed E-state index contributed by atoms with van der Waals surface area (Å²) in [5, 5.41) is 3.39. The van der Waals surface area contributed by atoms with E-state index in [1.54, 1.807) is 7.11 Å². The molecule has 0 saturated carbocycles. The van der Waals surface area contributed by atoms with Crippen LogP contribution in [0.1, 0.15) is 46.0 Å². The predicted octanol–water partition coefficient (Wildman–Crippen LogP) is 2.71. The number of unbranched alkanes of at least 4 members (excludes halogenated alkanes) is 1. The molecule has 1 unspecified atom stereocenters. The Balaban J connectivity index is 0.00000400. The van der Waals surface area contributed by atoms with Crippen molar-refractivity contribution in [1.82, 2.24) is 10.2 Å². The molecule has 126 valence electrons. The molecule has 0 spiro atoms. The summed E-state index contributed by atoms with van der Waals surface area (Å²) in [6, 6.07) is 0. The number of hydrogen-bond acceptors (Lipinski definition) is 3. The predicted molar refractivity (Wildman–Crippen MR) is 90.0 cm³/mol. The van der Waals surface area contributed by atoms with Gasteiger partial charge in [0.2, 0.25) is 5.91 Å². The highest BCUT2D eigenvalue weighted by molar-refractivity contribution is 5.85. The number of nitrogens with zero attached hydrogens (tertiary/aromatic N) is 1. The van der Waals surface area contributed by atoms with Gasteiger partial charge in [-0.15, -0.1) is 12.4 Å². The largest absolute Gasteiger partial charge is 0.383 e. The molecule has 1 saturated heterocycles. The maximum atomic E-state index is 12.5. The van der Waals surface area contributed by atoms with E-state index < -0.39 is 0 Å². The lowest BCUT2D eigenvalue weighted by Gasteiger charge is -2.30. The molecule has 1 rings (SSSR count). The van der Waals surface area contributed by atoms with Gasteiger partial charge < -0.3 is 15.0 Å². The first-order chi connectivity index (χ1) is 9.69. The molecule has 0 aliphatic carbocycles. The lowest BCUT2D eigenvalue weighted by atomic mass is 9.84. The van der Waals surface area contributed by atoms with Crippen LogP contribution in [0.3, 0.4) is 0 Å². The van der Waals surface area contributed by atoms with Crippen LogP contribution in [0.25, 0.3) is 0 Å². The van der Waals surface area contributed by atoms with E-state index in [-0.39, 0.29) is 12.4 Å². The van der Waals surface area contributed by atoms with Gasteiger partial charge in [-0.25, -0.2) is 0 Å². The summed E-state index contributed by atoms with van der Waals surface area (Å²) in [6.45, 7) is 8.85. The number of amides is 1. The molecule has 1 heterocycles. The van der Waals surface area contributed by atoms with Gasteiger partial charge in [-0.3, -0.25) is 4.79 Å². The zero-order chi connectivity index (χ0) is 14.8. The SMILES string of the molecule is CCCCN(CCOC)C(=O)CC(C)C1CCNCC1.Cl. The Hall–Kier alpha value is -0.320. The quantitative estimate of drug-likeness (QED) is 0.710. The minimum Gasteiger partial charge on any atom is -0.383 e. The highest BCUT2D eigenvalue weighted by Crippen LogP contribution is 2.24. The van der Waals surface area contributed by atoms with E-state index in [0.29, 0.717) is 30.8 Å². The maximum absolute atomic E-state index is 12.5. The van der Waals surface area contributed by atoms with Crippen LogP contribution in [0.15, 0.2) is 0 Å². The summed E-state index contributed by atoms with van der Waals surface area (Å²) >= 11 is 0. The Morgan fingerprint density at radius 2 is 2.00 bits per heavy atom. The molecule has 0 aromatic rings. The molecule has 1 fully saturated rings. The first-order valence-corrected chi connectivity index (χ1v) is 8.16. The summed E-state index contributed by atoms with van der Waals surface area (Å²) < 4.78 is 5.12. The minimum absolute atomic E-state index is 0. The van der Waals surface area contributed by atoms with Crippen molar-refractivity contribution in [3.63, 3.8) is 0 Å². The first kappa shape index (κ1) is 20.7. The van der Waals surface area contributed by atoms with Crippen molar-refractivity contribution in [3.8, 4) is 0 Å². The Bertz CT molecular complexity index is 263. The van der Waals surface area contributed by atoms with Crippen molar-refractivity contribution < 1.29 is 9.53 Å². The van der Waals surface area contributed by atoms with Crippen LogP contribution < -0.4 is 5.32 Å². The number of piperidine rings is 1. The summed E-state index contributed by atoms with van der Waals surface area (Å²) in [6.07, 6.45) is 5.32. The maximum Gasteiger partial charge on any atom is 0.222 e. The molecule has 5 heteroatoms. The van der Waals surface area contributed by atoms with E-state index in [2.05, 4.69) is 19.2 Å². The summed E-state index contributed by atoms with van der Waals surface area (Å²) in [4.78, 5) is 14.5. The highest BCUT2D eigenvalue weighted by atomic mass is 35.5. The number of carbonyl (C=O) groups is 1. The average molecular weight is 321 g/mol. The number of halogens is 1. The Labute approximate surface area is 136 Å². The first-order valence-electron chi connectivity index (χ1n) is 8.16. The van der Waals surface area contributed by atoms with Gasteiger partial charge in [0.15, 0.2) is 0 Å². The van der Waals surface area contributed by atoms with Gasteiger partial charge in [-0.05, 0) is 44.2 Å². The zero-order valence-electron chi connectivity index (χ0n) is 13.9. The lowest BCUT2D eigenvalue weighted by molar-refractivity contribution is -0.133. The van der Waals surface area contributed by atoms with Crippen LogP contribution in [-0.2, 0) is 9.53 Å². The summed E-state index contributed by atoms with van der Waals surface area (Å²) in [7, 11) is 1.69. The molecule has 0 bridgehead atoms. The van der Waals surface area contributed by atoms with Crippen LogP contribution >= 0.6 is 12.4 Å². The Morgan fingerprint density at radius 3 is 2.57 bits per heavy atom. The second-order valence-electron chi connectivity index (χ2n) is 6.00. The molecule has 0 radical (unpaired) electrons. The number of nitrogens with one attached hydrogen (secondary N) is 1. The molecule has 0 aromatic carbocycles. The number of hydrogen-bond donors (Lipinski definition) is 1.